The first-order chi connectivity index (χ1) is 8.58. The van der Waals surface area contributed by atoms with Crippen molar-refractivity contribution >= 4 is 39.1 Å². The third-order valence-electron chi connectivity index (χ3n) is 2.94. The Labute approximate surface area is 118 Å². The van der Waals surface area contributed by atoms with Crippen LogP contribution < -0.4 is 9.64 Å². The van der Waals surface area contributed by atoms with Crippen LogP contribution in [-0.2, 0) is 4.79 Å². The minimum Gasteiger partial charge on any atom is -0.494 e. The molecule has 0 saturated carbocycles. The van der Waals surface area contributed by atoms with E-state index in [2.05, 4.69) is 15.9 Å². The summed E-state index contributed by atoms with van der Waals surface area (Å²) in [6.07, 6.45) is 0.401. The van der Waals surface area contributed by atoms with Gasteiger partial charge in [-0.25, -0.2) is 4.39 Å². The molecule has 0 spiro atoms. The van der Waals surface area contributed by atoms with E-state index in [-0.39, 0.29) is 28.3 Å². The molecule has 1 unspecified atom stereocenters. The summed E-state index contributed by atoms with van der Waals surface area (Å²) in [5.41, 5.74) is 0.115. The molecule has 1 aliphatic rings. The summed E-state index contributed by atoms with van der Waals surface area (Å²) in [5, 5.41) is 0.926. The molecule has 0 radical (unpaired) electrons. The Kier molecular flexibility index (Phi) is 4.12. The van der Waals surface area contributed by atoms with Gasteiger partial charge < -0.3 is 9.64 Å². The maximum Gasteiger partial charge on any atom is 0.227 e. The fraction of sp³-hybridized carbons (Fsp3) is 0.417. The number of halogens is 3. The highest BCUT2D eigenvalue weighted by Gasteiger charge is 2.33. The Morgan fingerprint density at radius 3 is 2.89 bits per heavy atom. The highest BCUT2D eigenvalue weighted by atomic mass is 79.9. The van der Waals surface area contributed by atoms with Crippen LogP contribution in [0.5, 0.6) is 5.75 Å². The lowest BCUT2D eigenvalue weighted by Crippen LogP contribution is -2.26. The Hall–Kier alpha value is -0.810. The van der Waals surface area contributed by atoms with Crippen molar-refractivity contribution in [3.63, 3.8) is 0 Å². The summed E-state index contributed by atoms with van der Waals surface area (Å²) in [6, 6.07) is 2.98. The SMILES string of the molecule is COc1ccc(Cl)c(N2CC(CBr)CC2=O)c1F. The molecule has 0 aromatic heterocycles. The molecule has 0 bridgehead atoms. The van der Waals surface area contributed by atoms with Gasteiger partial charge in [0.25, 0.3) is 0 Å². The second-order valence-electron chi connectivity index (χ2n) is 4.14. The number of benzene rings is 1. The second kappa shape index (κ2) is 5.45. The van der Waals surface area contributed by atoms with Crippen molar-refractivity contribution in [3.05, 3.63) is 23.0 Å². The fourth-order valence-corrected chi connectivity index (χ4v) is 2.71. The first-order valence-electron chi connectivity index (χ1n) is 5.46. The lowest BCUT2D eigenvalue weighted by molar-refractivity contribution is -0.117. The van der Waals surface area contributed by atoms with Crippen LogP contribution in [0, 0.1) is 11.7 Å². The van der Waals surface area contributed by atoms with E-state index in [0.29, 0.717) is 18.3 Å². The number of carbonyl (C=O) groups is 1. The smallest absolute Gasteiger partial charge is 0.227 e. The summed E-state index contributed by atoms with van der Waals surface area (Å²) in [7, 11) is 1.38. The monoisotopic (exact) mass is 335 g/mol. The minimum absolute atomic E-state index is 0.0875. The number of alkyl halides is 1. The quantitative estimate of drug-likeness (QED) is 0.793. The van der Waals surface area contributed by atoms with E-state index in [1.807, 2.05) is 0 Å². The molecule has 98 valence electrons. The van der Waals surface area contributed by atoms with Gasteiger partial charge in [-0.15, -0.1) is 0 Å². The van der Waals surface area contributed by atoms with Crippen molar-refractivity contribution in [2.24, 2.45) is 5.92 Å². The zero-order valence-corrected chi connectivity index (χ0v) is 12.1. The van der Waals surface area contributed by atoms with E-state index in [1.54, 1.807) is 0 Å². The molecule has 1 heterocycles. The topological polar surface area (TPSA) is 29.5 Å². The molecular formula is C12H12BrClFNO2. The van der Waals surface area contributed by atoms with E-state index in [1.165, 1.54) is 24.1 Å². The van der Waals surface area contributed by atoms with Gasteiger partial charge in [-0.2, -0.15) is 0 Å². The predicted molar refractivity (Wildman–Crippen MR) is 72.2 cm³/mol. The summed E-state index contributed by atoms with van der Waals surface area (Å²) in [5.74, 6) is -0.439. The van der Waals surface area contributed by atoms with Gasteiger partial charge in [0.2, 0.25) is 5.91 Å². The molecule has 1 amide bonds. The summed E-state index contributed by atoms with van der Waals surface area (Å²) >= 11 is 9.33. The number of rotatable bonds is 3. The molecule has 0 aliphatic carbocycles. The van der Waals surface area contributed by atoms with Gasteiger partial charge >= 0.3 is 0 Å². The number of carbonyl (C=O) groups excluding carboxylic acids is 1. The van der Waals surface area contributed by atoms with Crippen molar-refractivity contribution in [2.75, 3.05) is 23.9 Å². The molecule has 0 N–H and O–H groups in total. The molecule has 2 rings (SSSR count). The summed E-state index contributed by atoms with van der Waals surface area (Å²) in [4.78, 5) is 13.3. The van der Waals surface area contributed by atoms with Gasteiger partial charge in [-0.1, -0.05) is 27.5 Å². The number of hydrogen-bond donors (Lipinski definition) is 0. The van der Waals surface area contributed by atoms with Gasteiger partial charge in [0, 0.05) is 18.3 Å². The van der Waals surface area contributed by atoms with Crippen LogP contribution in [-0.4, -0.2) is 24.9 Å². The number of amides is 1. The minimum atomic E-state index is -0.589. The van der Waals surface area contributed by atoms with E-state index < -0.39 is 5.82 Å². The zero-order valence-electron chi connectivity index (χ0n) is 9.75. The van der Waals surface area contributed by atoms with Gasteiger partial charge in [0.15, 0.2) is 11.6 Å². The van der Waals surface area contributed by atoms with Crippen LogP contribution in [0.2, 0.25) is 5.02 Å². The third-order valence-corrected chi connectivity index (χ3v) is 4.17. The number of anilines is 1. The standard InChI is InChI=1S/C12H12BrClFNO2/c1-18-9-3-2-8(14)12(11(9)15)16-6-7(5-13)4-10(16)17/h2-3,7H,4-6H2,1H3. The van der Waals surface area contributed by atoms with Crippen LogP contribution in [0.3, 0.4) is 0 Å². The number of hydrogen-bond acceptors (Lipinski definition) is 2. The predicted octanol–water partition coefficient (Wildman–Crippen LogP) is 3.24. The van der Waals surface area contributed by atoms with E-state index >= 15 is 0 Å². The lowest BCUT2D eigenvalue weighted by Gasteiger charge is -2.19. The third kappa shape index (κ3) is 2.34. The van der Waals surface area contributed by atoms with Crippen LogP contribution in [0.15, 0.2) is 12.1 Å². The van der Waals surface area contributed by atoms with Crippen molar-refractivity contribution < 1.29 is 13.9 Å². The molecular weight excluding hydrogens is 324 g/mol. The van der Waals surface area contributed by atoms with Crippen LogP contribution in [0.25, 0.3) is 0 Å². The fourth-order valence-electron chi connectivity index (χ4n) is 2.03. The molecule has 1 aromatic rings. The second-order valence-corrected chi connectivity index (χ2v) is 5.20. The molecule has 6 heteroatoms. The number of methoxy groups -OCH3 is 1. The van der Waals surface area contributed by atoms with Gasteiger partial charge in [0.05, 0.1) is 12.1 Å². The molecule has 18 heavy (non-hydrogen) atoms. The number of ether oxygens (including phenoxy) is 1. The Morgan fingerprint density at radius 1 is 1.61 bits per heavy atom. The van der Waals surface area contributed by atoms with E-state index in [4.69, 9.17) is 16.3 Å². The first-order valence-corrected chi connectivity index (χ1v) is 6.96. The Bertz CT molecular complexity index is 483. The van der Waals surface area contributed by atoms with Crippen molar-refractivity contribution in [3.8, 4) is 5.75 Å². The lowest BCUT2D eigenvalue weighted by atomic mass is 10.2. The van der Waals surface area contributed by atoms with Crippen LogP contribution >= 0.6 is 27.5 Å². The highest BCUT2D eigenvalue weighted by Crippen LogP contribution is 2.37. The van der Waals surface area contributed by atoms with Crippen molar-refractivity contribution in [1.29, 1.82) is 0 Å². The first kappa shape index (κ1) is 13.6. The van der Waals surface area contributed by atoms with Crippen molar-refractivity contribution in [1.82, 2.24) is 0 Å². The molecule has 1 aliphatic heterocycles. The van der Waals surface area contributed by atoms with Gasteiger partial charge in [-0.3, -0.25) is 4.79 Å². The van der Waals surface area contributed by atoms with Crippen molar-refractivity contribution in [2.45, 2.75) is 6.42 Å². The highest BCUT2D eigenvalue weighted by molar-refractivity contribution is 9.09. The summed E-state index contributed by atoms with van der Waals surface area (Å²) < 4.78 is 19.1. The van der Waals surface area contributed by atoms with Crippen LogP contribution in [0.1, 0.15) is 6.42 Å². The number of nitrogens with zero attached hydrogens (tertiary/aromatic N) is 1. The van der Waals surface area contributed by atoms with Gasteiger partial charge in [0.1, 0.15) is 5.69 Å². The molecule has 1 fully saturated rings. The average molecular weight is 337 g/mol. The Morgan fingerprint density at radius 2 is 2.33 bits per heavy atom. The molecule has 1 saturated heterocycles. The normalized spacial score (nSPS) is 19.4. The maximum absolute atomic E-state index is 14.2. The van der Waals surface area contributed by atoms with E-state index in [0.717, 1.165) is 0 Å². The molecule has 3 nitrogen and oxygen atoms in total. The average Bonchev–Trinajstić information content (AvgIpc) is 2.71. The molecule has 1 atom stereocenters. The zero-order chi connectivity index (χ0) is 13.3. The maximum atomic E-state index is 14.2. The van der Waals surface area contributed by atoms with E-state index in [9.17, 15) is 9.18 Å². The Balaban J connectivity index is 2.42. The summed E-state index contributed by atoms with van der Waals surface area (Å²) in [6.45, 7) is 0.466. The molecule has 1 aromatic carbocycles. The largest absolute Gasteiger partial charge is 0.494 e. The van der Waals surface area contributed by atoms with Crippen LogP contribution in [0.4, 0.5) is 10.1 Å². The van der Waals surface area contributed by atoms with Gasteiger partial charge in [-0.05, 0) is 18.1 Å².